The lowest BCUT2D eigenvalue weighted by Crippen LogP contribution is -2.36. The number of esters is 1. The maximum Gasteiger partial charge on any atom is 0.364 e. The van der Waals surface area contributed by atoms with E-state index in [1.165, 1.54) is 6.33 Å². The molecule has 0 aromatic carbocycles. The van der Waals surface area contributed by atoms with Crippen molar-refractivity contribution in [3.8, 4) is 0 Å². The fraction of sp³-hybridized carbons (Fsp3) is 0.667. The van der Waals surface area contributed by atoms with Crippen molar-refractivity contribution in [3.63, 3.8) is 0 Å². The van der Waals surface area contributed by atoms with E-state index in [9.17, 15) is 9.36 Å². The van der Waals surface area contributed by atoms with Gasteiger partial charge >= 0.3 is 13.5 Å². The summed E-state index contributed by atoms with van der Waals surface area (Å²) in [5, 5.41) is 6.91. The quantitative estimate of drug-likeness (QED) is 0.269. The molecule has 188 valence electrons. The molecule has 1 aliphatic rings. The molecule has 34 heavy (non-hydrogen) atoms. The summed E-state index contributed by atoms with van der Waals surface area (Å²) in [7, 11) is -3.67. The number of hydrogen-bond acceptors (Lipinski definition) is 10. The van der Waals surface area contributed by atoms with Gasteiger partial charge in [0, 0.05) is 0 Å². The number of fused-ring (bicyclic) bond motifs is 1. The second-order valence-corrected chi connectivity index (χ2v) is 10.8. The van der Waals surface area contributed by atoms with Gasteiger partial charge in [0.1, 0.15) is 24.2 Å². The second-order valence-electron chi connectivity index (χ2n) is 8.74. The largest absolute Gasteiger partial charge is 0.462 e. The number of rotatable bonds is 11. The summed E-state index contributed by atoms with van der Waals surface area (Å²) >= 11 is 0. The molecular weight excluding hydrogens is 461 g/mol. The van der Waals surface area contributed by atoms with E-state index >= 15 is 0 Å². The van der Waals surface area contributed by atoms with Gasteiger partial charge in [-0.15, -0.1) is 0 Å². The molecule has 0 radical (unpaired) electrons. The van der Waals surface area contributed by atoms with Crippen molar-refractivity contribution in [1.82, 2.24) is 24.6 Å². The van der Waals surface area contributed by atoms with Gasteiger partial charge in [-0.1, -0.05) is 11.6 Å². The zero-order chi connectivity index (χ0) is 24.7. The molecule has 3 N–H and O–H groups in total. The van der Waals surface area contributed by atoms with E-state index in [0.29, 0.717) is 23.5 Å². The number of carbonyl (C=O) groups is 1. The lowest BCUT2D eigenvalue weighted by atomic mass is 9.99. The highest BCUT2D eigenvalue weighted by molar-refractivity contribution is 7.56. The first-order valence-electron chi connectivity index (χ1n) is 11.5. The zero-order valence-corrected chi connectivity index (χ0v) is 21.0. The number of anilines is 1. The van der Waals surface area contributed by atoms with Gasteiger partial charge in [-0.25, -0.2) is 20.0 Å². The van der Waals surface area contributed by atoms with Gasteiger partial charge < -0.3 is 24.4 Å². The molecule has 1 saturated carbocycles. The third-order valence-corrected chi connectivity index (χ3v) is 6.86. The van der Waals surface area contributed by atoms with Crippen LogP contribution in [0, 0.1) is 0 Å². The number of aromatic nitrogens is 4. The minimum atomic E-state index is -3.67. The fourth-order valence-corrected chi connectivity index (χ4v) is 5.09. The minimum absolute atomic E-state index is 0.284. The molecule has 2 heterocycles. The monoisotopic (exact) mass is 495 g/mol. The number of hydrogen-bond donors (Lipinski definition) is 2. The number of oxime groups is 1. The van der Waals surface area contributed by atoms with E-state index in [0.717, 1.165) is 37.8 Å². The number of carbonyl (C=O) groups excluding carboxylic acids is 1. The van der Waals surface area contributed by atoms with Crippen LogP contribution < -0.4 is 10.8 Å². The maximum absolute atomic E-state index is 13.6. The zero-order valence-electron chi connectivity index (χ0n) is 20.1. The molecule has 0 aliphatic heterocycles. The van der Waals surface area contributed by atoms with Gasteiger partial charge in [-0.05, 0) is 53.4 Å². The Balaban J connectivity index is 1.67. The average Bonchev–Trinajstić information content (AvgIpc) is 3.21. The molecule has 0 bridgehead atoms. The molecule has 3 atom stereocenters. The predicted octanol–water partition coefficient (Wildman–Crippen LogP) is 3.23. The molecule has 1 fully saturated rings. The molecule has 0 spiro atoms. The van der Waals surface area contributed by atoms with Gasteiger partial charge in [0.15, 0.2) is 11.5 Å². The first-order chi connectivity index (χ1) is 16.2. The van der Waals surface area contributed by atoms with Crippen molar-refractivity contribution in [2.24, 2.45) is 5.16 Å². The van der Waals surface area contributed by atoms with Crippen molar-refractivity contribution in [1.29, 1.82) is 0 Å². The van der Waals surface area contributed by atoms with Crippen LogP contribution in [0.15, 0.2) is 17.8 Å². The van der Waals surface area contributed by atoms with E-state index in [1.54, 1.807) is 31.7 Å². The van der Waals surface area contributed by atoms with Crippen LogP contribution in [0.2, 0.25) is 0 Å². The Bertz CT molecular complexity index is 1050. The number of nitrogens with zero attached hydrogens (tertiary/aromatic N) is 5. The minimum Gasteiger partial charge on any atom is -0.462 e. The van der Waals surface area contributed by atoms with Crippen LogP contribution in [0.1, 0.15) is 59.8 Å². The third-order valence-electron chi connectivity index (χ3n) is 5.24. The van der Waals surface area contributed by atoms with E-state index in [1.807, 2.05) is 6.92 Å². The number of nitrogen functional groups attached to an aromatic ring is 1. The maximum atomic E-state index is 13.6. The van der Waals surface area contributed by atoms with Crippen molar-refractivity contribution >= 4 is 36.2 Å². The molecule has 12 nitrogen and oxygen atoms in total. The van der Waals surface area contributed by atoms with Crippen molar-refractivity contribution in [2.45, 2.75) is 84.6 Å². The van der Waals surface area contributed by atoms with Gasteiger partial charge in [0.05, 0.1) is 30.8 Å². The first-order valence-corrected chi connectivity index (χ1v) is 13.3. The summed E-state index contributed by atoms with van der Waals surface area (Å²) in [6.45, 7) is 7.27. The van der Waals surface area contributed by atoms with Crippen LogP contribution in [0.4, 0.5) is 5.82 Å². The van der Waals surface area contributed by atoms with E-state index in [-0.39, 0.29) is 18.6 Å². The summed E-state index contributed by atoms with van der Waals surface area (Å²) in [5.41, 5.74) is 7.79. The molecule has 13 heteroatoms. The van der Waals surface area contributed by atoms with Crippen LogP contribution in [0.25, 0.3) is 11.2 Å². The second kappa shape index (κ2) is 11.7. The SMILES string of the molecule is CC(C)OC(=O)[C@H](C)NP(=O)(CO[C@H](C)Cn1cnc2c(N)ncnc21)ON=C1CCCCC1. The Morgan fingerprint density at radius 3 is 2.65 bits per heavy atom. The summed E-state index contributed by atoms with van der Waals surface area (Å²) in [5.74, 6) is -0.233. The average molecular weight is 496 g/mol. The van der Waals surface area contributed by atoms with Gasteiger partial charge in [0.25, 0.3) is 0 Å². The summed E-state index contributed by atoms with van der Waals surface area (Å²) in [6.07, 6.45) is 6.82. The molecule has 3 rings (SSSR count). The highest BCUT2D eigenvalue weighted by Gasteiger charge is 2.32. The highest BCUT2D eigenvalue weighted by atomic mass is 31.2. The topological polar surface area (TPSA) is 156 Å². The molecule has 0 amide bonds. The van der Waals surface area contributed by atoms with Crippen LogP contribution in [0.5, 0.6) is 0 Å². The first kappa shape index (κ1) is 26.1. The Morgan fingerprint density at radius 2 is 1.94 bits per heavy atom. The molecular formula is C21H34N7O5P. The standard InChI is InChI=1S/C21H34N7O5P/c1-14(2)32-21(29)16(4)27-34(30,33-26-17-8-6-5-7-9-17)13-31-15(3)10-28-12-25-18-19(22)23-11-24-20(18)28/h11-12,14-16H,5-10,13H2,1-4H3,(H,27,30)(H2,22,23,24)/t15-,16+,34?/m1/s1. The molecule has 1 aliphatic carbocycles. The van der Waals surface area contributed by atoms with Crippen LogP contribution >= 0.6 is 7.52 Å². The lowest BCUT2D eigenvalue weighted by molar-refractivity contribution is -0.149. The summed E-state index contributed by atoms with van der Waals surface area (Å²) < 4.78 is 32.0. The van der Waals surface area contributed by atoms with E-state index < -0.39 is 19.5 Å². The van der Waals surface area contributed by atoms with E-state index in [4.69, 9.17) is 19.8 Å². The van der Waals surface area contributed by atoms with Crippen LogP contribution in [-0.2, 0) is 30.0 Å². The van der Waals surface area contributed by atoms with Crippen molar-refractivity contribution in [2.75, 3.05) is 12.1 Å². The summed E-state index contributed by atoms with van der Waals surface area (Å²) in [6, 6.07) is -0.865. The molecule has 2 aromatic heterocycles. The molecule has 2 aromatic rings. The number of nitrogens with two attached hydrogens (primary N) is 1. The smallest absolute Gasteiger partial charge is 0.364 e. The molecule has 0 saturated heterocycles. The van der Waals surface area contributed by atoms with E-state index in [2.05, 4.69) is 25.2 Å². The Morgan fingerprint density at radius 1 is 1.21 bits per heavy atom. The highest BCUT2D eigenvalue weighted by Crippen LogP contribution is 2.44. The number of imidazole rings is 1. The third kappa shape index (κ3) is 7.22. The van der Waals surface area contributed by atoms with Crippen LogP contribution in [0.3, 0.4) is 0 Å². The van der Waals surface area contributed by atoms with Gasteiger partial charge in [0.2, 0.25) is 0 Å². The van der Waals surface area contributed by atoms with Gasteiger partial charge in [-0.2, -0.15) is 0 Å². The fourth-order valence-electron chi connectivity index (χ4n) is 3.53. The van der Waals surface area contributed by atoms with Gasteiger partial charge in [-0.3, -0.25) is 9.36 Å². The van der Waals surface area contributed by atoms with Crippen LogP contribution in [-0.4, -0.2) is 55.8 Å². The Kier molecular flexibility index (Phi) is 8.98. The predicted molar refractivity (Wildman–Crippen MR) is 128 cm³/mol. The lowest BCUT2D eigenvalue weighted by Gasteiger charge is -2.24. The van der Waals surface area contributed by atoms with Crippen molar-refractivity contribution in [3.05, 3.63) is 12.7 Å². The number of nitrogens with one attached hydrogen (secondary N) is 1. The van der Waals surface area contributed by atoms with Crippen molar-refractivity contribution < 1.29 is 23.5 Å². The Hall–Kier alpha value is -2.56. The number of ether oxygens (including phenoxy) is 2. The normalized spacial score (nSPS) is 17.9. The Labute approximate surface area is 199 Å². The summed E-state index contributed by atoms with van der Waals surface area (Å²) in [4.78, 5) is 24.7. The molecule has 1 unspecified atom stereocenters.